The monoisotopic (exact) mass is 458 g/mol. The van der Waals surface area contributed by atoms with Crippen LogP contribution < -0.4 is 10.0 Å². The first-order valence-corrected chi connectivity index (χ1v) is 9.85. The number of carbonyl (C=O) groups is 1. The lowest BCUT2D eigenvalue weighted by atomic mass is 10.3. The highest BCUT2D eigenvalue weighted by atomic mass is 35.5. The van der Waals surface area contributed by atoms with Crippen LogP contribution in [0.1, 0.15) is 23.1 Å². The molecular weight excluding hydrogens is 444 g/mol. The molecule has 1 amide bonds. The van der Waals surface area contributed by atoms with Gasteiger partial charge in [-0.1, -0.05) is 23.2 Å². The number of amides is 1. The Labute approximate surface area is 168 Å². The van der Waals surface area contributed by atoms with Gasteiger partial charge in [-0.25, -0.2) is 13.4 Å². The number of hydrogen-bond acceptors (Lipinski definition) is 4. The lowest BCUT2D eigenvalue weighted by Gasteiger charge is -2.16. The Bertz CT molecular complexity index is 1000. The van der Waals surface area contributed by atoms with Crippen molar-refractivity contribution >= 4 is 44.8 Å². The molecule has 0 spiro atoms. The van der Waals surface area contributed by atoms with Crippen LogP contribution in [0.5, 0.6) is 0 Å². The molecule has 154 valence electrons. The zero-order valence-electron chi connectivity index (χ0n) is 14.7. The summed E-state index contributed by atoms with van der Waals surface area (Å²) in [6.45, 7) is 2.30. The van der Waals surface area contributed by atoms with Crippen LogP contribution in [-0.4, -0.2) is 36.1 Å². The molecule has 1 atom stereocenters. The molecule has 2 heterocycles. The lowest BCUT2D eigenvalue weighted by molar-refractivity contribution is -0.147. The molecule has 0 aliphatic carbocycles. The number of alkyl halides is 3. The molecule has 7 nitrogen and oxygen atoms in total. The molecule has 0 aromatic carbocycles. The maximum Gasteiger partial charge on any atom is 0.404 e. The van der Waals surface area contributed by atoms with Gasteiger partial charge in [-0.05, 0) is 26.0 Å². The van der Waals surface area contributed by atoms with Crippen molar-refractivity contribution in [1.29, 1.82) is 0 Å². The summed E-state index contributed by atoms with van der Waals surface area (Å²) in [6, 6.07) is 0.547. The highest BCUT2D eigenvalue weighted by molar-refractivity contribution is 7.89. The van der Waals surface area contributed by atoms with Crippen LogP contribution in [0, 0.1) is 6.92 Å². The summed E-state index contributed by atoms with van der Waals surface area (Å²) in [6.07, 6.45) is -3.83. The van der Waals surface area contributed by atoms with Crippen LogP contribution in [-0.2, 0) is 17.1 Å². The van der Waals surface area contributed by atoms with Crippen LogP contribution in [0.4, 0.5) is 18.9 Å². The second-order valence-corrected chi connectivity index (χ2v) is 8.37. The van der Waals surface area contributed by atoms with Gasteiger partial charge in [0.05, 0.1) is 5.02 Å². The number of nitrogens with one attached hydrogen (secondary N) is 2. The van der Waals surface area contributed by atoms with E-state index in [1.54, 1.807) is 6.92 Å². The lowest BCUT2D eigenvalue weighted by Crippen LogP contribution is -2.42. The van der Waals surface area contributed by atoms with E-state index in [2.05, 4.69) is 10.3 Å². The number of carbonyl (C=O) groups excluding carboxylic acids is 1. The molecule has 0 bridgehead atoms. The SMILES string of the molecule is Cc1cc(NC(=O)c2c(Cl)c(S(=O)(=O)NC(C)C(F)(F)F)cn2C)cc(Cl)n1. The molecule has 0 aliphatic rings. The summed E-state index contributed by atoms with van der Waals surface area (Å²) >= 11 is 11.8. The van der Waals surface area contributed by atoms with Gasteiger partial charge in [-0.15, -0.1) is 0 Å². The number of aromatic nitrogens is 2. The Balaban J connectivity index is 2.36. The van der Waals surface area contributed by atoms with E-state index in [1.807, 2.05) is 0 Å². The fourth-order valence-corrected chi connectivity index (χ4v) is 4.45. The van der Waals surface area contributed by atoms with E-state index >= 15 is 0 Å². The number of halogens is 5. The molecule has 0 fully saturated rings. The topological polar surface area (TPSA) is 93.1 Å². The van der Waals surface area contributed by atoms with Gasteiger partial charge in [0, 0.05) is 24.6 Å². The minimum atomic E-state index is -4.78. The third-order valence-corrected chi connectivity index (χ3v) is 5.84. The van der Waals surface area contributed by atoms with Gasteiger partial charge in [0.1, 0.15) is 21.8 Å². The summed E-state index contributed by atoms with van der Waals surface area (Å²) < 4.78 is 65.2. The third-order valence-electron chi connectivity index (χ3n) is 3.60. The maximum absolute atomic E-state index is 12.7. The molecular formula is C15H15Cl2F3N4O3S. The zero-order valence-corrected chi connectivity index (χ0v) is 17.1. The van der Waals surface area contributed by atoms with Gasteiger partial charge >= 0.3 is 6.18 Å². The molecule has 1 unspecified atom stereocenters. The third kappa shape index (κ3) is 4.96. The first-order chi connectivity index (χ1) is 12.7. The van der Waals surface area contributed by atoms with Gasteiger partial charge in [-0.3, -0.25) is 4.79 Å². The molecule has 0 saturated carbocycles. The highest BCUT2D eigenvalue weighted by Crippen LogP contribution is 2.29. The Kier molecular flexibility index (Phi) is 6.34. The fourth-order valence-electron chi connectivity index (χ4n) is 2.27. The molecule has 0 saturated heterocycles. The Morgan fingerprint density at radius 1 is 1.29 bits per heavy atom. The van der Waals surface area contributed by atoms with Crippen LogP contribution >= 0.6 is 23.2 Å². The van der Waals surface area contributed by atoms with Gasteiger partial charge < -0.3 is 9.88 Å². The molecule has 0 aliphatic heterocycles. The second-order valence-electron chi connectivity index (χ2n) is 5.93. The molecule has 13 heteroatoms. The zero-order chi connectivity index (χ0) is 21.4. The van der Waals surface area contributed by atoms with E-state index < -0.39 is 38.1 Å². The van der Waals surface area contributed by atoms with Gasteiger partial charge in [-0.2, -0.15) is 17.9 Å². The Morgan fingerprint density at radius 2 is 1.89 bits per heavy atom. The molecule has 0 radical (unpaired) electrons. The predicted molar refractivity (Wildman–Crippen MR) is 98.2 cm³/mol. The summed E-state index contributed by atoms with van der Waals surface area (Å²) in [7, 11) is -3.30. The van der Waals surface area contributed by atoms with Crippen molar-refractivity contribution < 1.29 is 26.4 Å². The van der Waals surface area contributed by atoms with E-state index in [-0.39, 0.29) is 16.5 Å². The van der Waals surface area contributed by atoms with Gasteiger partial charge in [0.15, 0.2) is 0 Å². The maximum atomic E-state index is 12.7. The van der Waals surface area contributed by atoms with E-state index in [0.717, 1.165) is 10.8 Å². The second kappa shape index (κ2) is 7.90. The number of rotatable bonds is 5. The van der Waals surface area contributed by atoms with Crippen molar-refractivity contribution in [3.63, 3.8) is 0 Å². The van der Waals surface area contributed by atoms with Crippen molar-refractivity contribution in [3.05, 3.63) is 39.9 Å². The summed E-state index contributed by atoms with van der Waals surface area (Å²) in [5.41, 5.74) is 0.551. The van der Waals surface area contributed by atoms with Gasteiger partial charge in [0.25, 0.3) is 5.91 Å². The first-order valence-electron chi connectivity index (χ1n) is 7.61. The standard InChI is InChI=1S/C15H15Cl2F3N4O3S/c1-7-4-9(5-11(16)21-7)22-14(25)13-12(17)10(6-24(13)3)28(26,27)23-8(2)15(18,19)20/h4-6,8,23H,1-3H3,(H,21,22,25). The van der Waals surface area contributed by atoms with Crippen LogP contribution in [0.15, 0.2) is 23.2 Å². The number of aryl methyl sites for hydroxylation is 2. The summed E-state index contributed by atoms with van der Waals surface area (Å²) in [4.78, 5) is 15.8. The van der Waals surface area contributed by atoms with E-state index in [4.69, 9.17) is 23.2 Å². The minimum Gasteiger partial charge on any atom is -0.344 e. The fraction of sp³-hybridized carbons (Fsp3) is 0.333. The number of nitrogens with zero attached hydrogens (tertiary/aromatic N) is 2. The van der Waals surface area contributed by atoms with E-state index in [1.165, 1.54) is 23.9 Å². The van der Waals surface area contributed by atoms with Crippen molar-refractivity contribution in [3.8, 4) is 0 Å². The smallest absolute Gasteiger partial charge is 0.344 e. The van der Waals surface area contributed by atoms with Crippen molar-refractivity contribution in [2.75, 3.05) is 5.32 Å². The molecule has 2 aromatic rings. The largest absolute Gasteiger partial charge is 0.404 e. The molecule has 2 N–H and O–H groups in total. The van der Waals surface area contributed by atoms with Gasteiger partial charge in [0.2, 0.25) is 10.0 Å². The normalized spacial score (nSPS) is 13.4. The van der Waals surface area contributed by atoms with E-state index in [9.17, 15) is 26.4 Å². The van der Waals surface area contributed by atoms with Crippen LogP contribution in [0.25, 0.3) is 0 Å². The first kappa shape index (κ1) is 22.5. The Hall–Kier alpha value is -1.82. The number of pyridine rings is 1. The van der Waals surface area contributed by atoms with Crippen molar-refractivity contribution in [2.24, 2.45) is 7.05 Å². The minimum absolute atomic E-state index is 0.127. The molecule has 2 rings (SSSR count). The van der Waals surface area contributed by atoms with Crippen molar-refractivity contribution in [2.45, 2.75) is 31.0 Å². The number of anilines is 1. The van der Waals surface area contributed by atoms with Crippen molar-refractivity contribution in [1.82, 2.24) is 14.3 Å². The number of sulfonamides is 1. The van der Waals surface area contributed by atoms with Crippen LogP contribution in [0.3, 0.4) is 0 Å². The predicted octanol–water partition coefficient (Wildman–Crippen LogP) is 3.52. The van der Waals surface area contributed by atoms with E-state index in [0.29, 0.717) is 12.6 Å². The summed E-state index contributed by atoms with van der Waals surface area (Å²) in [5, 5.41) is 2.10. The summed E-state index contributed by atoms with van der Waals surface area (Å²) in [5.74, 6) is -0.778. The Morgan fingerprint density at radius 3 is 2.43 bits per heavy atom. The molecule has 2 aromatic heterocycles. The molecule has 28 heavy (non-hydrogen) atoms. The highest BCUT2D eigenvalue weighted by Gasteiger charge is 2.40. The number of hydrogen-bond donors (Lipinski definition) is 2. The quantitative estimate of drug-likeness (QED) is 0.670. The van der Waals surface area contributed by atoms with Crippen LogP contribution in [0.2, 0.25) is 10.2 Å². The average Bonchev–Trinajstić information content (AvgIpc) is 2.80. The average molecular weight is 459 g/mol.